The number of nitrogens with zero attached hydrogens (tertiary/aromatic N) is 2. The summed E-state index contributed by atoms with van der Waals surface area (Å²) in [7, 11) is 0. The van der Waals surface area contributed by atoms with Crippen molar-refractivity contribution in [1.29, 1.82) is 0 Å². The fourth-order valence-corrected chi connectivity index (χ4v) is 1.76. The van der Waals surface area contributed by atoms with Gasteiger partial charge in [0.05, 0.1) is 0 Å². The van der Waals surface area contributed by atoms with Gasteiger partial charge in [-0.15, -0.1) is 0 Å². The van der Waals surface area contributed by atoms with Crippen molar-refractivity contribution in [2.75, 3.05) is 17.2 Å². The van der Waals surface area contributed by atoms with Crippen LogP contribution in [0, 0.1) is 0 Å². The lowest BCUT2D eigenvalue weighted by atomic mass is 10.2. The van der Waals surface area contributed by atoms with E-state index < -0.39 is 6.09 Å². The first-order valence-electron chi connectivity index (χ1n) is 5.93. The van der Waals surface area contributed by atoms with Crippen LogP contribution in [-0.2, 0) is 6.42 Å². The maximum atomic E-state index is 11.3. The second-order valence-corrected chi connectivity index (χ2v) is 4.10. The number of nitrogen functional groups attached to an aromatic ring is 1. The lowest BCUT2D eigenvalue weighted by Gasteiger charge is -2.19. The molecule has 0 fully saturated rings. The molecule has 0 aliphatic heterocycles. The van der Waals surface area contributed by atoms with E-state index in [1.165, 1.54) is 4.90 Å². The van der Waals surface area contributed by atoms with Crippen LogP contribution in [0.3, 0.4) is 0 Å². The topological polar surface area (TPSA) is 79.5 Å². The van der Waals surface area contributed by atoms with Crippen LogP contribution < -0.4 is 10.6 Å². The second-order valence-electron chi connectivity index (χ2n) is 4.10. The molecule has 2 rings (SSSR count). The van der Waals surface area contributed by atoms with Crippen molar-refractivity contribution in [3.8, 4) is 0 Å². The molecule has 1 aromatic heterocycles. The molecule has 0 bridgehead atoms. The Labute approximate surface area is 111 Å². The van der Waals surface area contributed by atoms with Crippen molar-refractivity contribution in [2.24, 2.45) is 0 Å². The van der Waals surface area contributed by atoms with Crippen molar-refractivity contribution in [3.05, 3.63) is 54.4 Å². The highest BCUT2D eigenvalue weighted by Gasteiger charge is 2.14. The number of hydrogen-bond donors (Lipinski definition) is 2. The van der Waals surface area contributed by atoms with Crippen molar-refractivity contribution < 1.29 is 9.90 Å². The zero-order chi connectivity index (χ0) is 13.7. The Morgan fingerprint density at radius 2 is 1.95 bits per heavy atom. The number of hydrogen-bond acceptors (Lipinski definition) is 3. The van der Waals surface area contributed by atoms with Gasteiger partial charge in [-0.1, -0.05) is 6.07 Å². The van der Waals surface area contributed by atoms with Gasteiger partial charge in [0, 0.05) is 36.2 Å². The fourth-order valence-electron chi connectivity index (χ4n) is 1.76. The van der Waals surface area contributed by atoms with E-state index in [4.69, 9.17) is 5.73 Å². The van der Waals surface area contributed by atoms with Crippen LogP contribution in [0.1, 0.15) is 5.69 Å². The highest BCUT2D eigenvalue weighted by molar-refractivity contribution is 5.86. The van der Waals surface area contributed by atoms with Gasteiger partial charge in [-0.2, -0.15) is 0 Å². The Kier molecular flexibility index (Phi) is 3.97. The lowest BCUT2D eigenvalue weighted by Crippen LogP contribution is -2.31. The molecule has 0 unspecified atom stereocenters. The number of rotatable bonds is 4. The molecule has 2 aromatic rings. The standard InChI is InChI=1S/C14H15N3O2/c15-11-4-6-13(7-5-11)17(14(18)19)10-8-12-3-1-2-9-16-12/h1-7,9H,8,10,15H2,(H,18,19). The van der Waals surface area contributed by atoms with Gasteiger partial charge in [-0.25, -0.2) is 4.79 Å². The van der Waals surface area contributed by atoms with Gasteiger partial charge in [0.2, 0.25) is 0 Å². The summed E-state index contributed by atoms with van der Waals surface area (Å²) in [5.74, 6) is 0. The molecule has 0 saturated heterocycles. The first-order valence-corrected chi connectivity index (χ1v) is 5.93. The number of carboxylic acid groups (broad SMARTS) is 1. The van der Waals surface area contributed by atoms with Gasteiger partial charge < -0.3 is 10.8 Å². The van der Waals surface area contributed by atoms with Crippen molar-refractivity contribution in [2.45, 2.75) is 6.42 Å². The summed E-state index contributed by atoms with van der Waals surface area (Å²) in [6.07, 6.45) is 1.28. The van der Waals surface area contributed by atoms with Crippen LogP contribution in [0.25, 0.3) is 0 Å². The van der Waals surface area contributed by atoms with E-state index in [9.17, 15) is 9.90 Å². The molecule has 1 aromatic carbocycles. The predicted octanol–water partition coefficient (Wildman–Crippen LogP) is 2.39. The quantitative estimate of drug-likeness (QED) is 0.824. The number of anilines is 2. The molecule has 0 aliphatic rings. The summed E-state index contributed by atoms with van der Waals surface area (Å²) in [4.78, 5) is 16.7. The number of pyridine rings is 1. The number of nitrogens with two attached hydrogens (primary N) is 1. The normalized spacial score (nSPS) is 10.1. The first kappa shape index (κ1) is 12.9. The zero-order valence-electron chi connectivity index (χ0n) is 10.4. The van der Waals surface area contributed by atoms with Gasteiger partial charge in [0.15, 0.2) is 0 Å². The third-order valence-corrected chi connectivity index (χ3v) is 2.75. The molecule has 1 heterocycles. The Hall–Kier alpha value is -2.56. The zero-order valence-corrected chi connectivity index (χ0v) is 10.4. The SMILES string of the molecule is Nc1ccc(N(CCc2ccccn2)C(=O)O)cc1. The minimum atomic E-state index is -0.985. The van der Waals surface area contributed by atoms with E-state index in [0.717, 1.165) is 5.69 Å². The van der Waals surface area contributed by atoms with Crippen LogP contribution in [0.15, 0.2) is 48.7 Å². The summed E-state index contributed by atoms with van der Waals surface area (Å²) in [5.41, 5.74) is 7.68. The Morgan fingerprint density at radius 3 is 2.53 bits per heavy atom. The smallest absolute Gasteiger partial charge is 0.411 e. The third kappa shape index (κ3) is 3.45. The van der Waals surface area contributed by atoms with Crippen molar-refractivity contribution in [1.82, 2.24) is 4.98 Å². The van der Waals surface area contributed by atoms with E-state index >= 15 is 0 Å². The van der Waals surface area contributed by atoms with E-state index in [1.807, 2.05) is 18.2 Å². The molecule has 5 heteroatoms. The first-order chi connectivity index (χ1) is 9.16. The monoisotopic (exact) mass is 257 g/mol. The van der Waals surface area contributed by atoms with E-state index in [-0.39, 0.29) is 0 Å². The Morgan fingerprint density at radius 1 is 1.21 bits per heavy atom. The molecule has 5 nitrogen and oxygen atoms in total. The molecular weight excluding hydrogens is 242 g/mol. The number of benzene rings is 1. The maximum Gasteiger partial charge on any atom is 0.411 e. The maximum absolute atomic E-state index is 11.3. The summed E-state index contributed by atoms with van der Waals surface area (Å²) in [6.45, 7) is 0.357. The molecule has 1 amide bonds. The van der Waals surface area contributed by atoms with Crippen LogP contribution >= 0.6 is 0 Å². The van der Waals surface area contributed by atoms with Gasteiger partial charge >= 0.3 is 6.09 Å². The van der Waals surface area contributed by atoms with Crippen LogP contribution in [0.4, 0.5) is 16.2 Å². The largest absolute Gasteiger partial charge is 0.465 e. The number of aromatic nitrogens is 1. The van der Waals surface area contributed by atoms with Crippen LogP contribution in [0.5, 0.6) is 0 Å². The number of carbonyl (C=O) groups is 1. The molecule has 3 N–H and O–H groups in total. The van der Waals surface area contributed by atoms with Gasteiger partial charge in [-0.05, 0) is 36.4 Å². The van der Waals surface area contributed by atoms with Crippen LogP contribution in [-0.4, -0.2) is 22.7 Å². The minimum Gasteiger partial charge on any atom is -0.465 e. The Bertz CT molecular complexity index is 540. The fraction of sp³-hybridized carbons (Fsp3) is 0.143. The average molecular weight is 257 g/mol. The van der Waals surface area contributed by atoms with Gasteiger partial charge in [-0.3, -0.25) is 9.88 Å². The lowest BCUT2D eigenvalue weighted by molar-refractivity contribution is 0.202. The summed E-state index contributed by atoms with van der Waals surface area (Å²) < 4.78 is 0. The molecule has 0 atom stereocenters. The summed E-state index contributed by atoms with van der Waals surface area (Å²) >= 11 is 0. The van der Waals surface area contributed by atoms with Crippen molar-refractivity contribution >= 4 is 17.5 Å². The predicted molar refractivity (Wildman–Crippen MR) is 74.2 cm³/mol. The Balaban J connectivity index is 2.09. The summed E-state index contributed by atoms with van der Waals surface area (Å²) in [5, 5.41) is 9.25. The highest BCUT2D eigenvalue weighted by Crippen LogP contribution is 2.17. The van der Waals surface area contributed by atoms with Gasteiger partial charge in [0.25, 0.3) is 0 Å². The highest BCUT2D eigenvalue weighted by atomic mass is 16.4. The molecular formula is C14H15N3O2. The summed E-state index contributed by atoms with van der Waals surface area (Å²) in [6, 6.07) is 12.4. The molecule has 98 valence electrons. The van der Waals surface area contributed by atoms with E-state index in [1.54, 1.807) is 30.5 Å². The van der Waals surface area contributed by atoms with Crippen molar-refractivity contribution in [3.63, 3.8) is 0 Å². The molecule has 0 aliphatic carbocycles. The molecule has 19 heavy (non-hydrogen) atoms. The van der Waals surface area contributed by atoms with Gasteiger partial charge in [0.1, 0.15) is 0 Å². The molecule has 0 radical (unpaired) electrons. The minimum absolute atomic E-state index is 0.357. The number of amides is 1. The molecule has 0 saturated carbocycles. The second kappa shape index (κ2) is 5.86. The van der Waals surface area contributed by atoms with Crippen LogP contribution in [0.2, 0.25) is 0 Å². The molecule has 0 spiro atoms. The van der Waals surface area contributed by atoms with E-state index in [2.05, 4.69) is 4.98 Å². The third-order valence-electron chi connectivity index (χ3n) is 2.75. The average Bonchev–Trinajstić information content (AvgIpc) is 2.42. The van der Waals surface area contributed by atoms with E-state index in [0.29, 0.717) is 24.3 Å².